The van der Waals surface area contributed by atoms with Crippen LogP contribution in [0.4, 0.5) is 0 Å². The lowest BCUT2D eigenvalue weighted by atomic mass is 10.2. The van der Waals surface area contributed by atoms with E-state index in [0.29, 0.717) is 23.7 Å². The molecule has 2 aromatic carbocycles. The summed E-state index contributed by atoms with van der Waals surface area (Å²) in [6.07, 6.45) is -1.28. The second kappa shape index (κ2) is 9.12. The van der Waals surface area contributed by atoms with Crippen LogP contribution < -0.4 is 19.5 Å². The summed E-state index contributed by atoms with van der Waals surface area (Å²) in [6, 6.07) is 14.5. The van der Waals surface area contributed by atoms with Crippen molar-refractivity contribution in [1.82, 2.24) is 5.32 Å². The molecule has 0 saturated heterocycles. The summed E-state index contributed by atoms with van der Waals surface area (Å²) in [7, 11) is 0. The fourth-order valence-electron chi connectivity index (χ4n) is 2.65. The molecule has 1 heterocycles. The van der Waals surface area contributed by atoms with Crippen LogP contribution in [0, 0.1) is 0 Å². The quantitative estimate of drug-likeness (QED) is 0.704. The molecule has 1 aliphatic heterocycles. The maximum atomic E-state index is 12.3. The summed E-state index contributed by atoms with van der Waals surface area (Å²) in [5.74, 6) is 0.945. The monoisotopic (exact) mass is 385 g/mol. The minimum Gasteiger partial charge on any atom is -0.479 e. The predicted octanol–water partition coefficient (Wildman–Crippen LogP) is 2.82. The van der Waals surface area contributed by atoms with Gasteiger partial charge in [0.15, 0.2) is 23.7 Å². The van der Waals surface area contributed by atoms with E-state index in [9.17, 15) is 9.59 Å². The zero-order chi connectivity index (χ0) is 19.9. The number of hydrogen-bond acceptors (Lipinski definition) is 6. The molecule has 2 atom stereocenters. The van der Waals surface area contributed by atoms with Gasteiger partial charge in [0, 0.05) is 6.54 Å². The molecule has 1 aliphatic rings. The average molecular weight is 385 g/mol. The third-order valence-electron chi connectivity index (χ3n) is 4.22. The van der Waals surface area contributed by atoms with Crippen molar-refractivity contribution in [3.05, 3.63) is 54.1 Å². The summed E-state index contributed by atoms with van der Waals surface area (Å²) in [5, 5.41) is 2.75. The van der Waals surface area contributed by atoms with Gasteiger partial charge in [0.25, 0.3) is 5.91 Å². The Balaban J connectivity index is 1.49. The highest BCUT2D eigenvalue weighted by Gasteiger charge is 2.25. The van der Waals surface area contributed by atoms with Gasteiger partial charge in [0.2, 0.25) is 6.79 Å². The predicted molar refractivity (Wildman–Crippen MR) is 101 cm³/mol. The Morgan fingerprint density at radius 3 is 2.61 bits per heavy atom. The van der Waals surface area contributed by atoms with E-state index in [0.717, 1.165) is 5.56 Å². The lowest BCUT2D eigenvalue weighted by Gasteiger charge is -2.19. The number of carbonyl (C=O) groups excluding carboxylic acids is 2. The Bertz CT molecular complexity index is 823. The zero-order valence-electron chi connectivity index (χ0n) is 15.8. The van der Waals surface area contributed by atoms with E-state index >= 15 is 0 Å². The number of benzene rings is 2. The molecular formula is C21H23NO6. The van der Waals surface area contributed by atoms with Crippen LogP contribution in [0.1, 0.15) is 25.8 Å². The summed E-state index contributed by atoms with van der Waals surface area (Å²) < 4.78 is 21.5. The Kier molecular flexibility index (Phi) is 6.37. The molecule has 7 nitrogen and oxygen atoms in total. The topological polar surface area (TPSA) is 83.1 Å². The highest BCUT2D eigenvalue weighted by Crippen LogP contribution is 2.32. The van der Waals surface area contributed by atoms with Crippen LogP contribution >= 0.6 is 0 Å². The number of fused-ring (bicyclic) bond motifs is 1. The maximum Gasteiger partial charge on any atom is 0.348 e. The van der Waals surface area contributed by atoms with E-state index < -0.39 is 18.2 Å². The Labute approximate surface area is 163 Å². The van der Waals surface area contributed by atoms with Crippen LogP contribution in [-0.4, -0.2) is 30.9 Å². The number of ether oxygens (including phenoxy) is 4. The van der Waals surface area contributed by atoms with Crippen LogP contribution in [-0.2, 0) is 20.9 Å². The van der Waals surface area contributed by atoms with Crippen molar-refractivity contribution in [2.75, 3.05) is 6.79 Å². The molecule has 3 rings (SSSR count). The van der Waals surface area contributed by atoms with E-state index in [2.05, 4.69) is 5.32 Å². The van der Waals surface area contributed by atoms with Crippen molar-refractivity contribution >= 4 is 11.9 Å². The van der Waals surface area contributed by atoms with Gasteiger partial charge in [-0.2, -0.15) is 0 Å². The summed E-state index contributed by atoms with van der Waals surface area (Å²) in [6.45, 7) is 3.83. The van der Waals surface area contributed by atoms with Gasteiger partial charge in [-0.15, -0.1) is 0 Å². The van der Waals surface area contributed by atoms with Gasteiger partial charge >= 0.3 is 5.97 Å². The molecule has 0 aliphatic carbocycles. The molecular weight excluding hydrogens is 362 g/mol. The molecule has 0 bridgehead atoms. The fraction of sp³-hybridized carbons (Fsp3) is 0.333. The van der Waals surface area contributed by atoms with Crippen LogP contribution in [0.15, 0.2) is 48.5 Å². The van der Waals surface area contributed by atoms with Crippen molar-refractivity contribution in [3.8, 4) is 17.2 Å². The molecule has 148 valence electrons. The molecule has 0 spiro atoms. The Morgan fingerprint density at radius 2 is 1.86 bits per heavy atom. The first-order chi connectivity index (χ1) is 13.6. The molecule has 0 aromatic heterocycles. The van der Waals surface area contributed by atoms with Gasteiger partial charge in [-0.3, -0.25) is 4.79 Å². The molecule has 1 N–H and O–H groups in total. The lowest BCUT2D eigenvalue weighted by Crippen LogP contribution is -2.39. The highest BCUT2D eigenvalue weighted by molar-refractivity contribution is 5.84. The minimum atomic E-state index is -0.935. The van der Waals surface area contributed by atoms with Crippen molar-refractivity contribution in [2.45, 2.75) is 39.0 Å². The van der Waals surface area contributed by atoms with Crippen LogP contribution in [0.25, 0.3) is 0 Å². The molecule has 0 radical (unpaired) electrons. The van der Waals surface area contributed by atoms with E-state index in [1.54, 1.807) is 24.3 Å². The molecule has 28 heavy (non-hydrogen) atoms. The number of nitrogens with one attached hydrogen (secondary N) is 1. The number of esters is 1. The normalized spacial score (nSPS) is 14.1. The van der Waals surface area contributed by atoms with Gasteiger partial charge < -0.3 is 24.3 Å². The molecule has 2 aromatic rings. The largest absolute Gasteiger partial charge is 0.479 e. The first-order valence-electron chi connectivity index (χ1n) is 9.15. The summed E-state index contributed by atoms with van der Waals surface area (Å²) >= 11 is 0. The Morgan fingerprint density at radius 1 is 1.11 bits per heavy atom. The number of rotatable bonds is 8. The average Bonchev–Trinajstić information content (AvgIpc) is 3.18. The van der Waals surface area contributed by atoms with Crippen molar-refractivity contribution in [3.63, 3.8) is 0 Å². The maximum absolute atomic E-state index is 12.3. The smallest absolute Gasteiger partial charge is 0.348 e. The molecule has 0 fully saturated rings. The SMILES string of the molecule is CC[C@@H](Oc1ccccc1)C(=O)O[C@@H](C)C(=O)NCc1ccc2c(c1)OCO2. The van der Waals surface area contributed by atoms with Gasteiger partial charge in [-0.05, 0) is 43.2 Å². The summed E-state index contributed by atoms with van der Waals surface area (Å²) in [4.78, 5) is 24.6. The fourth-order valence-corrected chi connectivity index (χ4v) is 2.65. The molecule has 1 amide bonds. The van der Waals surface area contributed by atoms with Crippen molar-refractivity contribution < 1.29 is 28.5 Å². The first kappa shape index (κ1) is 19.5. The number of carbonyl (C=O) groups is 2. The third-order valence-corrected chi connectivity index (χ3v) is 4.22. The van der Waals surface area contributed by atoms with Crippen LogP contribution in [0.3, 0.4) is 0 Å². The van der Waals surface area contributed by atoms with Crippen molar-refractivity contribution in [2.24, 2.45) is 0 Å². The van der Waals surface area contributed by atoms with Gasteiger partial charge in [-0.1, -0.05) is 31.2 Å². The second-order valence-electron chi connectivity index (χ2n) is 6.31. The van der Waals surface area contributed by atoms with Crippen LogP contribution in [0.2, 0.25) is 0 Å². The molecule has 0 saturated carbocycles. The highest BCUT2D eigenvalue weighted by atomic mass is 16.7. The van der Waals surface area contributed by atoms with Crippen LogP contribution in [0.5, 0.6) is 17.2 Å². The van der Waals surface area contributed by atoms with E-state index in [4.69, 9.17) is 18.9 Å². The van der Waals surface area contributed by atoms with Gasteiger partial charge in [0.05, 0.1) is 0 Å². The molecule has 7 heteroatoms. The van der Waals surface area contributed by atoms with Crippen molar-refractivity contribution in [1.29, 1.82) is 0 Å². The standard InChI is InChI=1S/C21H23NO6/c1-3-17(28-16-7-5-4-6-8-16)21(24)27-14(2)20(23)22-12-15-9-10-18-19(11-15)26-13-25-18/h4-11,14,17H,3,12-13H2,1-2H3,(H,22,23)/t14-,17+/m0/s1. The zero-order valence-corrected chi connectivity index (χ0v) is 15.8. The van der Waals surface area contributed by atoms with Gasteiger partial charge in [0.1, 0.15) is 5.75 Å². The van der Waals surface area contributed by atoms with Gasteiger partial charge in [-0.25, -0.2) is 4.79 Å². The number of para-hydroxylation sites is 1. The summed E-state index contributed by atoms with van der Waals surface area (Å²) in [5.41, 5.74) is 0.856. The van der Waals surface area contributed by atoms with E-state index in [1.807, 2.05) is 31.2 Å². The molecule has 0 unspecified atom stereocenters. The number of amides is 1. The van der Waals surface area contributed by atoms with E-state index in [-0.39, 0.29) is 19.2 Å². The third kappa shape index (κ3) is 4.94. The first-order valence-corrected chi connectivity index (χ1v) is 9.15. The van der Waals surface area contributed by atoms with E-state index in [1.165, 1.54) is 6.92 Å². The number of hydrogen-bond donors (Lipinski definition) is 1. The minimum absolute atomic E-state index is 0.196. The second-order valence-corrected chi connectivity index (χ2v) is 6.31. The lowest BCUT2D eigenvalue weighted by molar-refractivity contribution is -0.161. The Hall–Kier alpha value is -3.22.